The highest BCUT2D eigenvalue weighted by atomic mass is 19.4. The average molecular weight is 270 g/mol. The third kappa shape index (κ3) is 2.36. The molecule has 4 nitrogen and oxygen atoms in total. The van der Waals surface area contributed by atoms with Crippen molar-refractivity contribution >= 4 is 11.5 Å². The number of rotatable bonds is 2. The molecule has 0 spiro atoms. The lowest BCUT2D eigenvalue weighted by Gasteiger charge is -2.12. The molecule has 19 heavy (non-hydrogen) atoms. The van der Waals surface area contributed by atoms with E-state index in [9.17, 15) is 13.2 Å². The topological polar surface area (TPSA) is 42.2 Å². The molecule has 0 saturated heterocycles. The van der Waals surface area contributed by atoms with Gasteiger partial charge in [0.1, 0.15) is 0 Å². The number of hydrogen-bond acceptors (Lipinski definition) is 3. The van der Waals surface area contributed by atoms with Gasteiger partial charge >= 0.3 is 6.18 Å². The molecule has 0 aromatic carbocycles. The van der Waals surface area contributed by atoms with Gasteiger partial charge in [0.25, 0.3) is 0 Å². The lowest BCUT2D eigenvalue weighted by molar-refractivity contribution is -0.140. The van der Waals surface area contributed by atoms with E-state index in [0.29, 0.717) is 5.82 Å². The molecule has 1 aliphatic rings. The summed E-state index contributed by atoms with van der Waals surface area (Å²) < 4.78 is 39.3. The van der Waals surface area contributed by atoms with Crippen LogP contribution in [-0.2, 0) is 6.18 Å². The van der Waals surface area contributed by atoms with Crippen LogP contribution < -0.4 is 5.32 Å². The van der Waals surface area contributed by atoms with Gasteiger partial charge in [-0.25, -0.2) is 9.97 Å². The Balaban J connectivity index is 1.97. The zero-order valence-electron chi connectivity index (χ0n) is 10.1. The van der Waals surface area contributed by atoms with Crippen molar-refractivity contribution in [1.82, 2.24) is 14.4 Å². The molecule has 7 heteroatoms. The number of nitrogens with zero attached hydrogens (tertiary/aromatic N) is 3. The summed E-state index contributed by atoms with van der Waals surface area (Å²) >= 11 is 0. The molecule has 0 aliphatic heterocycles. The summed E-state index contributed by atoms with van der Waals surface area (Å²) in [6.07, 6.45) is 3.83. The minimum atomic E-state index is -4.43. The molecule has 2 aromatic heterocycles. The second kappa shape index (κ2) is 4.40. The first-order valence-corrected chi connectivity index (χ1v) is 6.21. The summed E-state index contributed by atoms with van der Waals surface area (Å²) in [5.41, 5.74) is -0.670. The highest BCUT2D eigenvalue weighted by molar-refractivity contribution is 5.63. The first-order valence-electron chi connectivity index (χ1n) is 6.21. The number of nitrogens with one attached hydrogen (secondary N) is 1. The van der Waals surface area contributed by atoms with Crippen LogP contribution in [0.5, 0.6) is 0 Å². The fourth-order valence-electron chi connectivity index (χ4n) is 2.42. The zero-order chi connectivity index (χ0) is 13.5. The van der Waals surface area contributed by atoms with Gasteiger partial charge in [0.15, 0.2) is 17.2 Å². The third-order valence-corrected chi connectivity index (χ3v) is 3.36. The van der Waals surface area contributed by atoms with E-state index in [0.717, 1.165) is 31.9 Å². The van der Waals surface area contributed by atoms with E-state index in [1.54, 1.807) is 0 Å². The van der Waals surface area contributed by atoms with Crippen LogP contribution in [0.1, 0.15) is 31.4 Å². The maximum absolute atomic E-state index is 12.6. The first kappa shape index (κ1) is 12.3. The van der Waals surface area contributed by atoms with Crippen LogP contribution in [0.4, 0.5) is 19.0 Å². The SMILES string of the molecule is FC(F)(F)c1cn2ccnc(NC3CCCC3)c2n1. The van der Waals surface area contributed by atoms with Gasteiger partial charge in [-0.05, 0) is 12.8 Å². The van der Waals surface area contributed by atoms with Crippen molar-refractivity contribution in [1.29, 1.82) is 0 Å². The molecule has 0 amide bonds. The van der Waals surface area contributed by atoms with E-state index in [1.165, 1.54) is 16.8 Å². The van der Waals surface area contributed by atoms with Crippen molar-refractivity contribution in [3.8, 4) is 0 Å². The van der Waals surface area contributed by atoms with E-state index in [4.69, 9.17) is 0 Å². The van der Waals surface area contributed by atoms with Crippen molar-refractivity contribution < 1.29 is 13.2 Å². The van der Waals surface area contributed by atoms with E-state index in [-0.39, 0.29) is 11.7 Å². The highest BCUT2D eigenvalue weighted by Gasteiger charge is 2.34. The van der Waals surface area contributed by atoms with Gasteiger partial charge in [-0.15, -0.1) is 0 Å². The molecule has 1 N–H and O–H groups in total. The van der Waals surface area contributed by atoms with Gasteiger partial charge in [-0.1, -0.05) is 12.8 Å². The van der Waals surface area contributed by atoms with Crippen molar-refractivity contribution in [2.24, 2.45) is 0 Å². The van der Waals surface area contributed by atoms with Crippen LogP contribution in [0, 0.1) is 0 Å². The van der Waals surface area contributed by atoms with Gasteiger partial charge in [0, 0.05) is 24.6 Å². The Morgan fingerprint density at radius 3 is 2.68 bits per heavy atom. The van der Waals surface area contributed by atoms with E-state index >= 15 is 0 Å². The van der Waals surface area contributed by atoms with E-state index < -0.39 is 11.9 Å². The molecule has 2 heterocycles. The number of alkyl halides is 3. The quantitative estimate of drug-likeness (QED) is 0.911. The zero-order valence-corrected chi connectivity index (χ0v) is 10.1. The molecule has 1 aliphatic carbocycles. The fraction of sp³-hybridized carbons (Fsp3) is 0.500. The number of halogens is 3. The van der Waals surface area contributed by atoms with Crippen LogP contribution in [0.2, 0.25) is 0 Å². The van der Waals surface area contributed by atoms with Gasteiger partial charge < -0.3 is 9.72 Å². The second-order valence-corrected chi connectivity index (χ2v) is 4.76. The number of hydrogen-bond donors (Lipinski definition) is 1. The summed E-state index contributed by atoms with van der Waals surface area (Å²) in [6.45, 7) is 0. The Labute approximate surface area is 107 Å². The molecule has 0 atom stereocenters. The predicted octanol–water partition coefficient (Wildman–Crippen LogP) is 3.10. The van der Waals surface area contributed by atoms with Crippen LogP contribution in [0.15, 0.2) is 18.6 Å². The summed E-state index contributed by atoms with van der Waals surface area (Å²) in [5.74, 6) is 0.421. The minimum absolute atomic E-state index is 0.224. The van der Waals surface area contributed by atoms with Crippen LogP contribution in [0.25, 0.3) is 5.65 Å². The molecule has 0 bridgehead atoms. The van der Waals surface area contributed by atoms with Gasteiger partial charge in [0.2, 0.25) is 0 Å². The molecular formula is C12H13F3N4. The Bertz CT molecular complexity index is 584. The maximum atomic E-state index is 12.6. The summed E-state index contributed by atoms with van der Waals surface area (Å²) in [4.78, 5) is 7.74. The molecule has 1 fully saturated rings. The summed E-state index contributed by atoms with van der Waals surface area (Å²) in [5, 5.41) is 3.19. The van der Waals surface area contributed by atoms with Gasteiger partial charge in [-0.2, -0.15) is 13.2 Å². The summed E-state index contributed by atoms with van der Waals surface area (Å²) in [7, 11) is 0. The predicted molar refractivity (Wildman–Crippen MR) is 63.9 cm³/mol. The fourth-order valence-corrected chi connectivity index (χ4v) is 2.42. The third-order valence-electron chi connectivity index (χ3n) is 3.36. The van der Waals surface area contributed by atoms with Crippen LogP contribution >= 0.6 is 0 Å². The normalized spacial score (nSPS) is 17.2. The maximum Gasteiger partial charge on any atom is 0.434 e. The average Bonchev–Trinajstić information content (AvgIpc) is 2.96. The molecule has 3 rings (SSSR count). The number of aromatic nitrogens is 3. The second-order valence-electron chi connectivity index (χ2n) is 4.76. The lowest BCUT2D eigenvalue weighted by Crippen LogP contribution is -2.16. The Morgan fingerprint density at radius 2 is 2.00 bits per heavy atom. The van der Waals surface area contributed by atoms with Crippen molar-refractivity contribution in [2.45, 2.75) is 37.9 Å². The van der Waals surface area contributed by atoms with Gasteiger partial charge in [-0.3, -0.25) is 0 Å². The largest absolute Gasteiger partial charge is 0.434 e. The molecular weight excluding hydrogens is 257 g/mol. The Kier molecular flexibility index (Phi) is 2.83. The molecule has 102 valence electrons. The smallest absolute Gasteiger partial charge is 0.364 e. The highest BCUT2D eigenvalue weighted by Crippen LogP contribution is 2.30. The molecule has 1 saturated carbocycles. The molecule has 0 unspecified atom stereocenters. The molecule has 2 aromatic rings. The number of fused-ring (bicyclic) bond motifs is 1. The minimum Gasteiger partial charge on any atom is -0.364 e. The number of anilines is 1. The monoisotopic (exact) mass is 270 g/mol. The van der Waals surface area contributed by atoms with E-state index in [2.05, 4.69) is 15.3 Å². The van der Waals surface area contributed by atoms with Crippen molar-refractivity contribution in [3.05, 3.63) is 24.3 Å². The molecule has 0 radical (unpaired) electrons. The first-order chi connectivity index (χ1) is 9.04. The number of imidazole rings is 1. The Morgan fingerprint density at radius 1 is 1.26 bits per heavy atom. The summed E-state index contributed by atoms with van der Waals surface area (Å²) in [6, 6.07) is 0.282. The lowest BCUT2D eigenvalue weighted by atomic mass is 10.2. The van der Waals surface area contributed by atoms with Crippen molar-refractivity contribution in [3.63, 3.8) is 0 Å². The standard InChI is InChI=1S/C12H13F3N4/c13-12(14,15)9-7-19-6-5-16-10(11(19)18-9)17-8-3-1-2-4-8/h5-8H,1-4H2,(H,16,17). The van der Waals surface area contributed by atoms with Gasteiger partial charge in [0.05, 0.1) is 0 Å². The van der Waals surface area contributed by atoms with Crippen LogP contribution in [-0.4, -0.2) is 20.4 Å². The van der Waals surface area contributed by atoms with E-state index in [1.807, 2.05) is 0 Å². The Hall–Kier alpha value is -1.79. The van der Waals surface area contributed by atoms with Crippen molar-refractivity contribution in [2.75, 3.05) is 5.32 Å². The van der Waals surface area contributed by atoms with Crippen LogP contribution in [0.3, 0.4) is 0 Å².